The largest absolute Gasteiger partial charge is 0.480 e. The van der Waals surface area contributed by atoms with E-state index in [2.05, 4.69) is 12.2 Å². The minimum atomic E-state index is -0.982. The summed E-state index contributed by atoms with van der Waals surface area (Å²) in [7, 11) is 0. The van der Waals surface area contributed by atoms with Gasteiger partial charge in [-0.3, -0.25) is 0 Å². The van der Waals surface area contributed by atoms with Crippen LogP contribution in [0, 0.1) is 11.8 Å². The van der Waals surface area contributed by atoms with Gasteiger partial charge in [0.1, 0.15) is 12.2 Å². The smallest absolute Gasteiger partial charge is 0.329 e. The Morgan fingerprint density at radius 1 is 1.40 bits per heavy atom. The Bertz CT molecular complexity index is 379. The average molecular weight is 284 g/mol. The van der Waals surface area contributed by atoms with E-state index in [1.165, 1.54) is 19.3 Å². The molecule has 2 atom stereocenters. The zero-order chi connectivity index (χ0) is 14.8. The SMILES string of the molecule is CC1CCC(CNC(=O)N2CC(C)(OCC(=O)O)C2)C1. The van der Waals surface area contributed by atoms with Crippen molar-refractivity contribution in [2.45, 2.75) is 38.7 Å². The first-order valence-corrected chi connectivity index (χ1v) is 7.26. The van der Waals surface area contributed by atoms with Crippen molar-refractivity contribution in [3.05, 3.63) is 0 Å². The van der Waals surface area contributed by atoms with E-state index in [-0.39, 0.29) is 12.6 Å². The van der Waals surface area contributed by atoms with Crippen molar-refractivity contribution < 1.29 is 19.4 Å². The fourth-order valence-corrected chi connectivity index (χ4v) is 3.09. The molecule has 1 aliphatic heterocycles. The summed E-state index contributed by atoms with van der Waals surface area (Å²) in [6.45, 7) is 5.42. The van der Waals surface area contributed by atoms with Crippen LogP contribution >= 0.6 is 0 Å². The topological polar surface area (TPSA) is 78.9 Å². The van der Waals surface area contributed by atoms with Crippen LogP contribution in [0.4, 0.5) is 4.79 Å². The molecule has 114 valence electrons. The van der Waals surface area contributed by atoms with Crippen LogP contribution in [0.25, 0.3) is 0 Å². The lowest BCUT2D eigenvalue weighted by Crippen LogP contribution is -2.65. The van der Waals surface area contributed by atoms with Crippen LogP contribution in [0.2, 0.25) is 0 Å². The molecule has 0 spiro atoms. The molecule has 0 aromatic rings. The van der Waals surface area contributed by atoms with E-state index in [0.29, 0.717) is 19.0 Å². The molecule has 0 aromatic heterocycles. The standard InChI is InChI=1S/C14H24N2O4/c1-10-3-4-11(5-10)6-15-13(19)16-8-14(2,9-16)20-7-12(17)18/h10-11H,3-9H2,1-2H3,(H,15,19)(H,17,18). The summed E-state index contributed by atoms with van der Waals surface area (Å²) in [6.07, 6.45) is 3.64. The number of likely N-dealkylation sites (tertiary alicyclic amines) is 1. The molecular weight excluding hydrogens is 260 g/mol. The predicted molar refractivity (Wildman–Crippen MR) is 73.5 cm³/mol. The number of carbonyl (C=O) groups excluding carboxylic acids is 1. The van der Waals surface area contributed by atoms with Crippen molar-refractivity contribution >= 4 is 12.0 Å². The highest BCUT2D eigenvalue weighted by Crippen LogP contribution is 2.30. The van der Waals surface area contributed by atoms with E-state index in [9.17, 15) is 9.59 Å². The summed E-state index contributed by atoms with van der Waals surface area (Å²) in [5.74, 6) is 0.392. The Kier molecular flexibility index (Phi) is 4.52. The maximum absolute atomic E-state index is 11.9. The third-order valence-electron chi connectivity index (χ3n) is 4.23. The molecule has 0 bridgehead atoms. The number of hydrogen-bond acceptors (Lipinski definition) is 3. The lowest BCUT2D eigenvalue weighted by atomic mass is 9.97. The molecule has 2 amide bonds. The summed E-state index contributed by atoms with van der Waals surface area (Å²) in [5.41, 5.74) is -0.516. The van der Waals surface area contributed by atoms with Crippen molar-refractivity contribution in [3.63, 3.8) is 0 Å². The van der Waals surface area contributed by atoms with Crippen LogP contribution in [-0.4, -0.2) is 53.8 Å². The second kappa shape index (κ2) is 5.99. The number of nitrogens with one attached hydrogen (secondary N) is 1. The normalized spacial score (nSPS) is 28.0. The van der Waals surface area contributed by atoms with Crippen LogP contribution in [0.1, 0.15) is 33.1 Å². The Balaban J connectivity index is 1.64. The number of carbonyl (C=O) groups is 2. The molecule has 1 saturated carbocycles. The van der Waals surface area contributed by atoms with Gasteiger partial charge in [-0.25, -0.2) is 9.59 Å². The zero-order valence-corrected chi connectivity index (χ0v) is 12.2. The molecule has 0 radical (unpaired) electrons. The number of nitrogens with zero attached hydrogens (tertiary/aromatic N) is 1. The first-order chi connectivity index (χ1) is 9.38. The average Bonchev–Trinajstić information content (AvgIpc) is 2.76. The maximum Gasteiger partial charge on any atom is 0.329 e. The number of amides is 2. The van der Waals surface area contributed by atoms with E-state index in [0.717, 1.165) is 12.5 Å². The van der Waals surface area contributed by atoms with Crippen LogP contribution < -0.4 is 5.32 Å². The third-order valence-corrected chi connectivity index (χ3v) is 4.23. The van der Waals surface area contributed by atoms with E-state index in [4.69, 9.17) is 9.84 Å². The van der Waals surface area contributed by atoms with Gasteiger partial charge in [-0.2, -0.15) is 0 Å². The summed E-state index contributed by atoms with van der Waals surface area (Å²) < 4.78 is 5.28. The first kappa shape index (κ1) is 15.1. The quantitative estimate of drug-likeness (QED) is 0.798. The van der Waals surface area contributed by atoms with Gasteiger partial charge >= 0.3 is 12.0 Å². The van der Waals surface area contributed by atoms with Crippen molar-refractivity contribution in [2.75, 3.05) is 26.2 Å². The molecule has 1 heterocycles. The molecule has 6 nitrogen and oxygen atoms in total. The number of urea groups is 1. The second-order valence-corrected chi connectivity index (χ2v) is 6.46. The molecule has 2 rings (SSSR count). The van der Waals surface area contributed by atoms with E-state index >= 15 is 0 Å². The summed E-state index contributed by atoms with van der Waals surface area (Å²) >= 11 is 0. The highest BCUT2D eigenvalue weighted by Gasteiger charge is 2.42. The van der Waals surface area contributed by atoms with Gasteiger partial charge in [-0.15, -0.1) is 0 Å². The predicted octanol–water partition coefficient (Wildman–Crippen LogP) is 1.31. The van der Waals surface area contributed by atoms with Gasteiger partial charge in [0, 0.05) is 6.54 Å². The summed E-state index contributed by atoms with van der Waals surface area (Å²) in [6, 6.07) is -0.0686. The zero-order valence-electron chi connectivity index (χ0n) is 12.2. The molecular formula is C14H24N2O4. The Morgan fingerprint density at radius 2 is 2.10 bits per heavy atom. The van der Waals surface area contributed by atoms with Gasteiger partial charge < -0.3 is 20.1 Å². The maximum atomic E-state index is 11.9. The van der Waals surface area contributed by atoms with Crippen LogP contribution in [0.3, 0.4) is 0 Å². The highest BCUT2D eigenvalue weighted by atomic mass is 16.5. The monoisotopic (exact) mass is 284 g/mol. The van der Waals surface area contributed by atoms with Crippen LogP contribution in [-0.2, 0) is 9.53 Å². The van der Waals surface area contributed by atoms with E-state index in [1.807, 2.05) is 6.92 Å². The molecule has 1 aliphatic carbocycles. The number of rotatable bonds is 5. The number of aliphatic carboxylic acids is 1. The molecule has 2 aliphatic rings. The number of ether oxygens (including phenoxy) is 1. The molecule has 2 unspecified atom stereocenters. The Hall–Kier alpha value is -1.30. The van der Waals surface area contributed by atoms with Crippen molar-refractivity contribution in [1.29, 1.82) is 0 Å². The summed E-state index contributed by atoms with van der Waals surface area (Å²) in [4.78, 5) is 24.1. The third kappa shape index (κ3) is 3.85. The van der Waals surface area contributed by atoms with Crippen LogP contribution in [0.5, 0.6) is 0 Å². The van der Waals surface area contributed by atoms with Gasteiger partial charge in [0.25, 0.3) is 0 Å². The second-order valence-electron chi connectivity index (χ2n) is 6.46. The van der Waals surface area contributed by atoms with Crippen LogP contribution in [0.15, 0.2) is 0 Å². The number of carboxylic acid groups (broad SMARTS) is 1. The fourth-order valence-electron chi connectivity index (χ4n) is 3.09. The molecule has 0 aromatic carbocycles. The van der Waals surface area contributed by atoms with E-state index < -0.39 is 11.6 Å². The molecule has 1 saturated heterocycles. The Labute approximate surface area is 119 Å². The van der Waals surface area contributed by atoms with Crippen molar-refractivity contribution in [2.24, 2.45) is 11.8 Å². The number of carboxylic acids is 1. The molecule has 20 heavy (non-hydrogen) atoms. The van der Waals surface area contributed by atoms with Gasteiger partial charge in [-0.1, -0.05) is 13.3 Å². The Morgan fingerprint density at radius 3 is 2.65 bits per heavy atom. The fraction of sp³-hybridized carbons (Fsp3) is 0.857. The minimum absolute atomic E-state index is 0.0686. The van der Waals surface area contributed by atoms with Crippen molar-refractivity contribution in [1.82, 2.24) is 10.2 Å². The van der Waals surface area contributed by atoms with Crippen molar-refractivity contribution in [3.8, 4) is 0 Å². The highest BCUT2D eigenvalue weighted by molar-refractivity contribution is 5.75. The van der Waals surface area contributed by atoms with Gasteiger partial charge in [-0.05, 0) is 31.6 Å². The molecule has 6 heteroatoms. The van der Waals surface area contributed by atoms with E-state index in [1.54, 1.807) is 4.90 Å². The molecule has 2 N–H and O–H groups in total. The van der Waals surface area contributed by atoms with Gasteiger partial charge in [0.2, 0.25) is 0 Å². The summed E-state index contributed by atoms with van der Waals surface area (Å²) in [5, 5.41) is 11.5. The molecule has 2 fully saturated rings. The van der Waals surface area contributed by atoms with Gasteiger partial charge in [0.05, 0.1) is 13.1 Å². The first-order valence-electron chi connectivity index (χ1n) is 7.26. The lowest BCUT2D eigenvalue weighted by molar-refractivity contribution is -0.159. The number of hydrogen-bond donors (Lipinski definition) is 2. The van der Waals surface area contributed by atoms with Gasteiger partial charge in [0.15, 0.2) is 0 Å². The minimum Gasteiger partial charge on any atom is -0.480 e. The lowest BCUT2D eigenvalue weighted by Gasteiger charge is -2.47.